The van der Waals surface area contributed by atoms with Gasteiger partial charge in [-0.05, 0) is 54.8 Å². The molecule has 0 amide bonds. The molecule has 0 aromatic heterocycles. The number of aliphatic imine (C=N–C) groups is 1. The lowest BCUT2D eigenvalue weighted by Gasteiger charge is -2.30. The van der Waals surface area contributed by atoms with Crippen LogP contribution in [0.15, 0.2) is 65.8 Å². The van der Waals surface area contributed by atoms with Gasteiger partial charge in [0.25, 0.3) is 0 Å². The molecule has 2 heterocycles. The quantitative estimate of drug-likeness (QED) is 0.656. The Bertz CT molecular complexity index is 797. The zero-order valence-electron chi connectivity index (χ0n) is 14.9. The third kappa shape index (κ3) is 3.07. The summed E-state index contributed by atoms with van der Waals surface area (Å²) in [6, 6.07) is 6.58. The van der Waals surface area contributed by atoms with E-state index in [0.29, 0.717) is 18.2 Å². The van der Waals surface area contributed by atoms with Crippen LogP contribution < -0.4 is 16.0 Å². The maximum atomic E-state index is 13.4. The van der Waals surface area contributed by atoms with Crippen molar-refractivity contribution < 1.29 is 4.39 Å². The number of allylic oxidation sites excluding steroid dienone is 1. The number of rotatable bonds is 7. The van der Waals surface area contributed by atoms with Gasteiger partial charge in [-0.15, -0.1) is 0 Å². The zero-order chi connectivity index (χ0) is 18.1. The minimum atomic E-state index is -0.266. The smallest absolute Gasteiger partial charge is 0.149 e. The van der Waals surface area contributed by atoms with Crippen molar-refractivity contribution in [3.8, 4) is 0 Å². The maximum Gasteiger partial charge on any atom is 0.149 e. The molecular formula is C21H24FN4. The lowest BCUT2D eigenvalue weighted by Crippen LogP contribution is -2.39. The number of dihydropyridines is 1. The Hall–Kier alpha value is -2.40. The third-order valence-electron chi connectivity index (χ3n) is 5.38. The molecule has 4 rings (SSSR count). The van der Waals surface area contributed by atoms with E-state index in [0.717, 1.165) is 24.8 Å². The van der Waals surface area contributed by atoms with Crippen molar-refractivity contribution in [1.29, 1.82) is 0 Å². The average Bonchev–Trinajstić information content (AvgIpc) is 3.37. The lowest BCUT2D eigenvalue weighted by molar-refractivity contribution is 0.624. The van der Waals surface area contributed by atoms with Gasteiger partial charge in [-0.3, -0.25) is 10.3 Å². The highest BCUT2D eigenvalue weighted by molar-refractivity contribution is 5.96. The molecule has 4 nitrogen and oxygen atoms in total. The Morgan fingerprint density at radius 1 is 1.50 bits per heavy atom. The molecule has 1 aromatic carbocycles. The molecule has 1 radical (unpaired) electrons. The fourth-order valence-electron chi connectivity index (χ4n) is 3.86. The number of halogens is 1. The molecule has 1 aliphatic carbocycles. The average molecular weight is 351 g/mol. The van der Waals surface area contributed by atoms with Crippen LogP contribution in [-0.4, -0.2) is 18.4 Å². The molecule has 0 saturated heterocycles. The lowest BCUT2D eigenvalue weighted by atomic mass is 9.89. The van der Waals surface area contributed by atoms with Crippen LogP contribution >= 0.6 is 0 Å². The Labute approximate surface area is 154 Å². The molecule has 1 aromatic rings. The van der Waals surface area contributed by atoms with Gasteiger partial charge in [0.1, 0.15) is 17.8 Å². The van der Waals surface area contributed by atoms with Crippen LogP contribution in [0.25, 0.3) is 0 Å². The first-order valence-corrected chi connectivity index (χ1v) is 9.13. The number of hydrogen-bond donors (Lipinski definition) is 3. The van der Waals surface area contributed by atoms with Crippen LogP contribution in [0.5, 0.6) is 0 Å². The van der Waals surface area contributed by atoms with Gasteiger partial charge < -0.3 is 10.6 Å². The monoisotopic (exact) mass is 351 g/mol. The second-order valence-electron chi connectivity index (χ2n) is 7.08. The van der Waals surface area contributed by atoms with Gasteiger partial charge >= 0.3 is 0 Å². The SMILES string of the molecule is C=C[C](NCC1=CC23CC2C=CNC3=NC1CC)Nc1cccc(F)c1. The van der Waals surface area contributed by atoms with E-state index in [2.05, 4.69) is 41.6 Å². The van der Waals surface area contributed by atoms with E-state index >= 15 is 0 Å². The Balaban J connectivity index is 1.44. The van der Waals surface area contributed by atoms with Gasteiger partial charge in [0.05, 0.1) is 11.5 Å². The Morgan fingerprint density at radius 2 is 2.38 bits per heavy atom. The molecule has 3 N–H and O–H groups in total. The first-order chi connectivity index (χ1) is 12.6. The van der Waals surface area contributed by atoms with Crippen molar-refractivity contribution in [2.75, 3.05) is 11.9 Å². The first kappa shape index (κ1) is 17.0. The summed E-state index contributed by atoms with van der Waals surface area (Å²) >= 11 is 0. The molecule has 3 aliphatic rings. The number of amidine groups is 1. The second kappa shape index (κ2) is 6.72. The van der Waals surface area contributed by atoms with E-state index in [-0.39, 0.29) is 17.3 Å². The van der Waals surface area contributed by atoms with Crippen LogP contribution in [0.3, 0.4) is 0 Å². The summed E-state index contributed by atoms with van der Waals surface area (Å²) in [5, 5.41) is 9.91. The van der Waals surface area contributed by atoms with Crippen molar-refractivity contribution >= 4 is 11.5 Å². The Morgan fingerprint density at radius 3 is 3.15 bits per heavy atom. The van der Waals surface area contributed by atoms with Crippen molar-refractivity contribution in [3.63, 3.8) is 0 Å². The number of benzene rings is 1. The van der Waals surface area contributed by atoms with Crippen molar-refractivity contribution in [1.82, 2.24) is 10.6 Å². The summed E-state index contributed by atoms with van der Waals surface area (Å²) in [6.45, 7) is 6.70. The van der Waals surface area contributed by atoms with E-state index in [1.165, 1.54) is 17.7 Å². The minimum Gasteiger partial charge on any atom is -0.361 e. The molecular weight excluding hydrogens is 327 g/mol. The van der Waals surface area contributed by atoms with Crippen LogP contribution in [0.2, 0.25) is 0 Å². The molecule has 135 valence electrons. The van der Waals surface area contributed by atoms with Crippen molar-refractivity contribution in [2.45, 2.75) is 25.8 Å². The third-order valence-corrected chi connectivity index (χ3v) is 5.38. The fourth-order valence-corrected chi connectivity index (χ4v) is 3.86. The van der Waals surface area contributed by atoms with E-state index in [1.54, 1.807) is 12.1 Å². The van der Waals surface area contributed by atoms with Crippen molar-refractivity contribution in [2.24, 2.45) is 16.3 Å². The topological polar surface area (TPSA) is 48.5 Å². The Kier molecular flexibility index (Phi) is 4.41. The van der Waals surface area contributed by atoms with Gasteiger partial charge in [-0.1, -0.05) is 31.7 Å². The van der Waals surface area contributed by atoms with Gasteiger partial charge in [0, 0.05) is 12.2 Å². The van der Waals surface area contributed by atoms with Gasteiger partial charge in [-0.25, -0.2) is 4.39 Å². The standard InChI is InChI=1S/C21H24FN4/c1-3-18-14(11-21-12-15(21)8-9-23-20(21)26-18)13-24-19(4-2)25-17-7-5-6-16(22)10-17/h4-11,15,18,24-25H,2-3,12-13H2,1H3,(H,23,26). The fraction of sp³-hybridized carbons (Fsp3) is 0.333. The van der Waals surface area contributed by atoms with Crippen molar-refractivity contribution in [3.05, 3.63) is 72.8 Å². The molecule has 1 spiro atoms. The van der Waals surface area contributed by atoms with Crippen LogP contribution in [0.4, 0.5) is 10.1 Å². The predicted octanol–water partition coefficient (Wildman–Crippen LogP) is 3.74. The molecule has 1 fully saturated rings. The van der Waals surface area contributed by atoms with E-state index in [9.17, 15) is 4.39 Å². The number of nitrogens with zero attached hydrogens (tertiary/aromatic N) is 1. The number of hydrogen-bond acceptors (Lipinski definition) is 4. The summed E-state index contributed by atoms with van der Waals surface area (Å²) in [6.07, 6.45) is 11.2. The van der Waals surface area contributed by atoms with E-state index in [4.69, 9.17) is 4.99 Å². The highest BCUT2D eigenvalue weighted by Gasteiger charge is 2.58. The first-order valence-electron chi connectivity index (χ1n) is 9.13. The second-order valence-corrected chi connectivity index (χ2v) is 7.08. The van der Waals surface area contributed by atoms with Crippen LogP contribution in [0, 0.1) is 23.3 Å². The molecule has 5 heteroatoms. The zero-order valence-corrected chi connectivity index (χ0v) is 14.9. The predicted molar refractivity (Wildman–Crippen MR) is 104 cm³/mol. The highest BCUT2D eigenvalue weighted by atomic mass is 19.1. The number of nitrogens with one attached hydrogen (secondary N) is 3. The van der Waals surface area contributed by atoms with E-state index < -0.39 is 0 Å². The summed E-state index contributed by atoms with van der Waals surface area (Å²) in [4.78, 5) is 4.96. The number of anilines is 1. The molecule has 1 saturated carbocycles. The molecule has 2 aliphatic heterocycles. The molecule has 3 atom stereocenters. The van der Waals surface area contributed by atoms with Gasteiger partial charge in [-0.2, -0.15) is 0 Å². The summed E-state index contributed by atoms with van der Waals surface area (Å²) in [5.74, 6) is 1.42. The molecule has 0 bridgehead atoms. The van der Waals surface area contributed by atoms with Gasteiger partial charge in [0.2, 0.25) is 0 Å². The van der Waals surface area contributed by atoms with Crippen LogP contribution in [-0.2, 0) is 0 Å². The summed E-state index contributed by atoms with van der Waals surface area (Å²) in [7, 11) is 0. The largest absolute Gasteiger partial charge is 0.361 e. The van der Waals surface area contributed by atoms with Gasteiger partial charge in [0.15, 0.2) is 0 Å². The molecule has 3 unspecified atom stereocenters. The maximum absolute atomic E-state index is 13.4. The summed E-state index contributed by atoms with van der Waals surface area (Å²) < 4.78 is 13.4. The van der Waals surface area contributed by atoms with Crippen LogP contribution in [0.1, 0.15) is 19.8 Å². The molecule has 26 heavy (non-hydrogen) atoms. The normalized spacial score (nSPS) is 28.4. The highest BCUT2D eigenvalue weighted by Crippen LogP contribution is 2.58. The minimum absolute atomic E-state index is 0.0851. The van der Waals surface area contributed by atoms with E-state index in [1.807, 2.05) is 12.3 Å². The summed E-state index contributed by atoms with van der Waals surface area (Å²) in [5.41, 5.74) is 2.08.